The van der Waals surface area contributed by atoms with Crippen molar-refractivity contribution in [3.63, 3.8) is 0 Å². The molecule has 112 valence electrons. The molecule has 2 rings (SSSR count). The molecule has 1 fully saturated rings. The molecule has 2 N–H and O–H groups in total. The monoisotopic (exact) mass is 315 g/mol. The fourth-order valence-corrected chi connectivity index (χ4v) is 4.97. The minimum absolute atomic E-state index is 0.165. The first-order chi connectivity index (χ1) is 9.41. The van der Waals surface area contributed by atoms with Crippen molar-refractivity contribution in [1.29, 1.82) is 0 Å². The number of aliphatic carboxylic acids is 1. The number of nitrogens with one attached hydrogen (secondary N) is 1. The summed E-state index contributed by atoms with van der Waals surface area (Å²) in [4.78, 5) is 16.1. The van der Waals surface area contributed by atoms with E-state index < -0.39 is 11.5 Å². The number of aryl methyl sites for hydroxylation is 1. The highest BCUT2D eigenvalue weighted by Gasteiger charge is 2.43. The van der Waals surface area contributed by atoms with Crippen LogP contribution in [0.1, 0.15) is 45.4 Å². The normalized spacial score (nSPS) is 26.9. The highest BCUT2D eigenvalue weighted by molar-refractivity contribution is 8.01. The molecule has 1 aromatic heterocycles. The molecule has 1 aliphatic rings. The average Bonchev–Trinajstić information content (AvgIpc) is 2.74. The van der Waals surface area contributed by atoms with Gasteiger partial charge in [-0.2, -0.15) is 4.37 Å². The van der Waals surface area contributed by atoms with Crippen LogP contribution in [-0.4, -0.2) is 37.3 Å². The molecule has 1 aromatic rings. The molecule has 7 heteroatoms. The van der Waals surface area contributed by atoms with Gasteiger partial charge in [0.05, 0.1) is 0 Å². The van der Waals surface area contributed by atoms with E-state index in [2.05, 4.69) is 14.7 Å². The van der Waals surface area contributed by atoms with Gasteiger partial charge in [0.25, 0.3) is 0 Å². The Bertz CT molecular complexity index is 478. The summed E-state index contributed by atoms with van der Waals surface area (Å²) < 4.78 is 5.12. The lowest BCUT2D eigenvalue weighted by atomic mass is 9.81. The Kier molecular flexibility index (Phi) is 5.04. The first kappa shape index (κ1) is 15.7. The Balaban J connectivity index is 2.07. The van der Waals surface area contributed by atoms with E-state index in [1.54, 1.807) is 11.8 Å². The van der Waals surface area contributed by atoms with E-state index in [9.17, 15) is 9.90 Å². The molecule has 0 aliphatic heterocycles. The van der Waals surface area contributed by atoms with Gasteiger partial charge in [0.2, 0.25) is 0 Å². The van der Waals surface area contributed by atoms with Crippen molar-refractivity contribution in [3.8, 4) is 0 Å². The molecule has 20 heavy (non-hydrogen) atoms. The van der Waals surface area contributed by atoms with Gasteiger partial charge in [-0.15, -0.1) is 0 Å². The van der Waals surface area contributed by atoms with Gasteiger partial charge < -0.3 is 5.11 Å². The van der Waals surface area contributed by atoms with Gasteiger partial charge in [-0.25, -0.2) is 4.98 Å². The maximum Gasteiger partial charge on any atom is 0.323 e. The predicted octanol–water partition coefficient (Wildman–Crippen LogP) is 2.70. The number of carboxylic acids is 1. The third-order valence-corrected chi connectivity index (χ3v) is 5.60. The number of carboxylic acid groups (broad SMARTS) is 1. The van der Waals surface area contributed by atoms with E-state index in [1.165, 1.54) is 11.5 Å². The maximum atomic E-state index is 11.7. The Hall–Kier alpha value is -0.660. The standard InChI is InChI=1S/C13H21N3O2S2/c1-8(2)15-13(11(17)18)6-4-5-10(7-13)19-12-14-9(3)16-20-12/h8,10,15H,4-7H2,1-3H3,(H,17,18). The number of hydrogen-bond acceptors (Lipinski definition) is 6. The molecule has 1 aliphatic carbocycles. The van der Waals surface area contributed by atoms with Crippen LogP contribution in [-0.2, 0) is 4.79 Å². The first-order valence-corrected chi connectivity index (χ1v) is 8.55. The summed E-state index contributed by atoms with van der Waals surface area (Å²) in [7, 11) is 0. The Labute approximate surface area is 127 Å². The second kappa shape index (κ2) is 6.41. The van der Waals surface area contributed by atoms with Crippen molar-refractivity contribution in [1.82, 2.24) is 14.7 Å². The zero-order valence-corrected chi connectivity index (χ0v) is 13.7. The van der Waals surface area contributed by atoms with Crippen molar-refractivity contribution in [2.24, 2.45) is 0 Å². The smallest absolute Gasteiger partial charge is 0.323 e. The number of nitrogens with zero attached hydrogens (tertiary/aromatic N) is 2. The first-order valence-electron chi connectivity index (χ1n) is 6.89. The Morgan fingerprint density at radius 2 is 2.35 bits per heavy atom. The third kappa shape index (κ3) is 3.71. The van der Waals surface area contributed by atoms with Crippen LogP contribution in [0, 0.1) is 6.92 Å². The molecule has 1 heterocycles. The van der Waals surface area contributed by atoms with E-state index in [1.807, 2.05) is 20.8 Å². The third-order valence-electron chi connectivity index (χ3n) is 3.46. The largest absolute Gasteiger partial charge is 0.480 e. The van der Waals surface area contributed by atoms with Crippen molar-refractivity contribution in [2.45, 2.75) is 67.6 Å². The highest BCUT2D eigenvalue weighted by atomic mass is 32.2. The molecular formula is C13H21N3O2S2. The summed E-state index contributed by atoms with van der Waals surface area (Å²) in [6.45, 7) is 5.87. The molecule has 2 unspecified atom stereocenters. The number of thioether (sulfide) groups is 1. The van der Waals surface area contributed by atoms with Crippen LogP contribution < -0.4 is 5.32 Å². The van der Waals surface area contributed by atoms with Crippen LogP contribution in [0.2, 0.25) is 0 Å². The van der Waals surface area contributed by atoms with Crippen LogP contribution >= 0.6 is 23.3 Å². The summed E-state index contributed by atoms with van der Waals surface area (Å²) in [5.74, 6) is 0.0584. The lowest BCUT2D eigenvalue weighted by Gasteiger charge is -2.39. The summed E-state index contributed by atoms with van der Waals surface area (Å²) in [5, 5.41) is 13.2. The van der Waals surface area contributed by atoms with Crippen molar-refractivity contribution in [2.75, 3.05) is 0 Å². The van der Waals surface area contributed by atoms with E-state index in [0.717, 1.165) is 23.0 Å². The van der Waals surface area contributed by atoms with E-state index in [0.29, 0.717) is 18.1 Å². The van der Waals surface area contributed by atoms with Crippen LogP contribution in [0.5, 0.6) is 0 Å². The van der Waals surface area contributed by atoms with Gasteiger partial charge in [0.15, 0.2) is 4.34 Å². The van der Waals surface area contributed by atoms with Gasteiger partial charge in [-0.05, 0) is 58.0 Å². The van der Waals surface area contributed by atoms with Crippen LogP contribution in [0.25, 0.3) is 0 Å². The molecule has 0 bridgehead atoms. The summed E-state index contributed by atoms with van der Waals surface area (Å²) in [6.07, 6.45) is 3.32. The average molecular weight is 315 g/mol. The minimum atomic E-state index is -0.788. The van der Waals surface area contributed by atoms with Crippen LogP contribution in [0.15, 0.2) is 4.34 Å². The summed E-state index contributed by atoms with van der Waals surface area (Å²) in [5.41, 5.74) is -0.788. The molecule has 0 amide bonds. The molecule has 2 atom stereocenters. The molecule has 0 aromatic carbocycles. The van der Waals surface area contributed by atoms with Crippen LogP contribution in [0.3, 0.4) is 0 Å². The number of hydrogen-bond donors (Lipinski definition) is 2. The second-order valence-electron chi connectivity index (χ2n) is 5.63. The predicted molar refractivity (Wildman–Crippen MR) is 81.4 cm³/mol. The molecule has 0 spiro atoms. The Morgan fingerprint density at radius 3 is 2.90 bits per heavy atom. The molecule has 5 nitrogen and oxygen atoms in total. The number of aromatic nitrogens is 2. The van der Waals surface area contributed by atoms with Gasteiger partial charge in [-0.3, -0.25) is 10.1 Å². The quantitative estimate of drug-likeness (QED) is 0.870. The highest BCUT2D eigenvalue weighted by Crippen LogP contribution is 2.39. The molecular weight excluding hydrogens is 294 g/mol. The molecule has 1 saturated carbocycles. The van der Waals surface area contributed by atoms with Crippen molar-refractivity contribution in [3.05, 3.63) is 5.82 Å². The zero-order valence-electron chi connectivity index (χ0n) is 12.0. The van der Waals surface area contributed by atoms with E-state index >= 15 is 0 Å². The Morgan fingerprint density at radius 1 is 1.60 bits per heavy atom. The fraction of sp³-hybridized carbons (Fsp3) is 0.769. The van der Waals surface area contributed by atoms with E-state index in [-0.39, 0.29) is 6.04 Å². The lowest BCUT2D eigenvalue weighted by Crippen LogP contribution is -2.57. The zero-order chi connectivity index (χ0) is 14.8. The van der Waals surface area contributed by atoms with Gasteiger partial charge in [0.1, 0.15) is 11.4 Å². The number of carbonyl (C=O) groups is 1. The van der Waals surface area contributed by atoms with Crippen LogP contribution in [0.4, 0.5) is 0 Å². The lowest BCUT2D eigenvalue weighted by molar-refractivity contribution is -0.146. The van der Waals surface area contributed by atoms with Crippen molar-refractivity contribution < 1.29 is 9.90 Å². The van der Waals surface area contributed by atoms with Gasteiger partial charge >= 0.3 is 5.97 Å². The number of rotatable bonds is 5. The van der Waals surface area contributed by atoms with E-state index in [4.69, 9.17) is 0 Å². The fourth-order valence-electron chi connectivity index (χ4n) is 2.73. The minimum Gasteiger partial charge on any atom is -0.480 e. The second-order valence-corrected chi connectivity index (χ2v) is 7.93. The maximum absolute atomic E-state index is 11.7. The SMILES string of the molecule is Cc1nsc(SC2CCCC(NC(C)C)(C(=O)O)C2)n1. The molecule has 0 radical (unpaired) electrons. The topological polar surface area (TPSA) is 75.1 Å². The van der Waals surface area contributed by atoms with Gasteiger partial charge in [-0.1, -0.05) is 11.8 Å². The molecule has 0 saturated heterocycles. The van der Waals surface area contributed by atoms with Crippen molar-refractivity contribution >= 4 is 29.3 Å². The van der Waals surface area contributed by atoms with Gasteiger partial charge in [0, 0.05) is 11.3 Å². The summed E-state index contributed by atoms with van der Waals surface area (Å²) in [6, 6.07) is 0.165. The summed E-state index contributed by atoms with van der Waals surface area (Å²) >= 11 is 3.07.